The lowest BCUT2D eigenvalue weighted by Gasteiger charge is -2.13. The zero-order valence-electron chi connectivity index (χ0n) is 15.8. The molecule has 0 saturated carbocycles. The van der Waals surface area contributed by atoms with Crippen molar-refractivity contribution in [3.63, 3.8) is 0 Å². The minimum absolute atomic E-state index is 0.0183. The van der Waals surface area contributed by atoms with Crippen molar-refractivity contribution in [1.82, 2.24) is 0 Å². The predicted octanol–water partition coefficient (Wildman–Crippen LogP) is 4.32. The molecule has 6 nitrogen and oxygen atoms in total. The Kier molecular flexibility index (Phi) is 5.35. The Morgan fingerprint density at radius 3 is 2.13 bits per heavy atom. The van der Waals surface area contributed by atoms with E-state index in [2.05, 4.69) is 0 Å². The predicted molar refractivity (Wildman–Crippen MR) is 110 cm³/mol. The highest BCUT2D eigenvalue weighted by molar-refractivity contribution is 6.35. The molecule has 3 aromatic rings. The number of anilines is 1. The van der Waals surface area contributed by atoms with Crippen LogP contribution in [0.3, 0.4) is 0 Å². The molecule has 2 amide bonds. The Morgan fingerprint density at radius 1 is 0.839 bits per heavy atom. The summed E-state index contributed by atoms with van der Waals surface area (Å²) in [6.45, 7) is -0.550. The highest BCUT2D eigenvalue weighted by Gasteiger charge is 2.37. The van der Waals surface area contributed by atoms with Crippen LogP contribution in [0.25, 0.3) is 0 Å². The van der Waals surface area contributed by atoms with Crippen LogP contribution in [0.1, 0.15) is 41.4 Å². The van der Waals surface area contributed by atoms with E-state index >= 15 is 0 Å². The van der Waals surface area contributed by atoms with Crippen LogP contribution < -0.4 is 4.90 Å². The van der Waals surface area contributed by atoms with Gasteiger partial charge in [0, 0.05) is 10.6 Å². The molecule has 1 aliphatic rings. The quantitative estimate of drug-likeness (QED) is 0.337. The molecule has 0 radical (unpaired) electrons. The van der Waals surface area contributed by atoms with Gasteiger partial charge in [0.05, 0.1) is 22.4 Å². The number of carbonyl (C=O) groups is 4. The summed E-state index contributed by atoms with van der Waals surface area (Å²) < 4.78 is 18.0. The number of hydrogen-bond donors (Lipinski definition) is 0. The van der Waals surface area contributed by atoms with Crippen molar-refractivity contribution in [2.75, 3.05) is 11.5 Å². The maximum Gasteiger partial charge on any atom is 0.338 e. The molecule has 0 aliphatic carbocycles. The lowest BCUT2D eigenvalue weighted by molar-refractivity contribution is 0.0474. The molecule has 1 aliphatic heterocycles. The van der Waals surface area contributed by atoms with Crippen molar-refractivity contribution in [3.05, 3.63) is 99.8 Å². The largest absolute Gasteiger partial charge is 0.454 e. The number of rotatable bonds is 5. The number of Topliss-reactive ketones (excluding diaryl/α,β-unsaturated/α-hetero) is 1. The molecule has 4 rings (SSSR count). The number of ether oxygens (including phenoxy) is 1. The number of halogens is 2. The second-order valence-electron chi connectivity index (χ2n) is 6.69. The van der Waals surface area contributed by atoms with Crippen LogP contribution in [-0.4, -0.2) is 30.2 Å². The summed E-state index contributed by atoms with van der Waals surface area (Å²) in [4.78, 5) is 50.9. The number of ketones is 1. The van der Waals surface area contributed by atoms with Crippen molar-refractivity contribution in [3.8, 4) is 0 Å². The average Bonchev–Trinajstić information content (AvgIpc) is 3.02. The van der Waals surface area contributed by atoms with Crippen LogP contribution in [0.15, 0.2) is 66.7 Å². The number of esters is 1. The molecule has 0 saturated heterocycles. The molecule has 0 N–H and O–H groups in total. The normalized spacial score (nSPS) is 12.6. The molecule has 0 unspecified atom stereocenters. The first-order chi connectivity index (χ1) is 14.8. The van der Waals surface area contributed by atoms with E-state index in [-0.39, 0.29) is 22.3 Å². The summed E-state index contributed by atoms with van der Waals surface area (Å²) in [7, 11) is 0. The first-order valence-corrected chi connectivity index (χ1v) is 9.47. The number of benzene rings is 3. The molecular formula is C23H13ClFNO5. The minimum atomic E-state index is -0.830. The third-order valence-corrected chi connectivity index (χ3v) is 4.96. The molecule has 0 spiro atoms. The fourth-order valence-electron chi connectivity index (χ4n) is 3.13. The molecule has 0 bridgehead atoms. The maximum atomic E-state index is 12.9. The number of nitrogens with zero attached hydrogens (tertiary/aromatic N) is 1. The molecular weight excluding hydrogens is 425 g/mol. The van der Waals surface area contributed by atoms with Gasteiger partial charge in [-0.3, -0.25) is 14.4 Å². The second kappa shape index (κ2) is 8.12. The molecule has 154 valence electrons. The standard InChI is InChI=1S/C23H13ClFNO5/c24-15-4-8-17(9-5-15)26-21(28)18-10-3-14(11-19(18)22(26)29)23(30)31-12-20(27)13-1-6-16(25)7-2-13/h1-11H,12H2. The molecule has 0 fully saturated rings. The summed E-state index contributed by atoms with van der Waals surface area (Å²) in [6, 6.07) is 15.0. The zero-order chi connectivity index (χ0) is 22.1. The van der Waals surface area contributed by atoms with Gasteiger partial charge in [0.15, 0.2) is 12.4 Å². The van der Waals surface area contributed by atoms with Crippen molar-refractivity contribution in [1.29, 1.82) is 0 Å². The van der Waals surface area contributed by atoms with E-state index in [4.69, 9.17) is 16.3 Å². The average molecular weight is 438 g/mol. The van der Waals surface area contributed by atoms with Crippen molar-refractivity contribution >= 4 is 40.9 Å². The van der Waals surface area contributed by atoms with E-state index in [1.165, 1.54) is 30.3 Å². The van der Waals surface area contributed by atoms with E-state index < -0.39 is 36.0 Å². The highest BCUT2D eigenvalue weighted by Crippen LogP contribution is 2.30. The summed E-state index contributed by atoms with van der Waals surface area (Å²) in [6.07, 6.45) is 0. The Labute approximate surface area is 180 Å². The van der Waals surface area contributed by atoms with Crippen LogP contribution in [0.4, 0.5) is 10.1 Å². The fraction of sp³-hybridized carbons (Fsp3) is 0.0435. The number of hydrogen-bond acceptors (Lipinski definition) is 5. The van der Waals surface area contributed by atoms with Crippen LogP contribution in [-0.2, 0) is 4.74 Å². The van der Waals surface area contributed by atoms with E-state index in [0.29, 0.717) is 10.7 Å². The van der Waals surface area contributed by atoms with E-state index in [9.17, 15) is 23.6 Å². The van der Waals surface area contributed by atoms with Gasteiger partial charge in [-0.2, -0.15) is 0 Å². The minimum Gasteiger partial charge on any atom is -0.454 e. The summed E-state index contributed by atoms with van der Waals surface area (Å²) in [5, 5.41) is 0.459. The SMILES string of the molecule is O=C(COC(=O)c1ccc2c(c1)C(=O)N(c1ccc(Cl)cc1)C2=O)c1ccc(F)cc1. The first kappa shape index (κ1) is 20.4. The molecule has 0 aromatic heterocycles. The van der Waals surface area contributed by atoms with Crippen LogP contribution in [0, 0.1) is 5.82 Å². The van der Waals surface area contributed by atoms with Gasteiger partial charge >= 0.3 is 5.97 Å². The third kappa shape index (κ3) is 3.95. The van der Waals surface area contributed by atoms with Gasteiger partial charge in [0.1, 0.15) is 5.82 Å². The fourth-order valence-corrected chi connectivity index (χ4v) is 3.25. The lowest BCUT2D eigenvalue weighted by atomic mass is 10.1. The van der Waals surface area contributed by atoms with E-state index in [0.717, 1.165) is 17.0 Å². The first-order valence-electron chi connectivity index (χ1n) is 9.09. The van der Waals surface area contributed by atoms with E-state index in [1.54, 1.807) is 24.3 Å². The van der Waals surface area contributed by atoms with Gasteiger partial charge in [-0.1, -0.05) is 11.6 Å². The highest BCUT2D eigenvalue weighted by atomic mass is 35.5. The second-order valence-corrected chi connectivity index (χ2v) is 7.13. The summed E-state index contributed by atoms with van der Waals surface area (Å²) >= 11 is 5.85. The number of fused-ring (bicyclic) bond motifs is 1. The number of amides is 2. The van der Waals surface area contributed by atoms with Gasteiger partial charge in [0.25, 0.3) is 11.8 Å². The Balaban J connectivity index is 1.50. The zero-order valence-corrected chi connectivity index (χ0v) is 16.6. The van der Waals surface area contributed by atoms with Crippen LogP contribution >= 0.6 is 11.6 Å². The van der Waals surface area contributed by atoms with Crippen molar-refractivity contribution < 1.29 is 28.3 Å². The maximum absolute atomic E-state index is 12.9. The smallest absolute Gasteiger partial charge is 0.338 e. The van der Waals surface area contributed by atoms with Gasteiger partial charge in [-0.15, -0.1) is 0 Å². The van der Waals surface area contributed by atoms with Crippen molar-refractivity contribution in [2.24, 2.45) is 0 Å². The van der Waals surface area contributed by atoms with Gasteiger partial charge in [-0.05, 0) is 66.7 Å². The Hall–Kier alpha value is -3.84. The topological polar surface area (TPSA) is 80.8 Å². The molecule has 8 heteroatoms. The Bertz CT molecular complexity index is 1220. The lowest BCUT2D eigenvalue weighted by Crippen LogP contribution is -2.29. The van der Waals surface area contributed by atoms with Gasteiger partial charge < -0.3 is 4.74 Å². The Morgan fingerprint density at radius 2 is 1.45 bits per heavy atom. The van der Waals surface area contributed by atoms with Crippen LogP contribution in [0.5, 0.6) is 0 Å². The summed E-state index contributed by atoms with van der Waals surface area (Å²) in [5.41, 5.74) is 0.773. The van der Waals surface area contributed by atoms with E-state index in [1.807, 2.05) is 0 Å². The molecule has 3 aromatic carbocycles. The molecule has 0 atom stereocenters. The monoisotopic (exact) mass is 437 g/mol. The number of carbonyl (C=O) groups excluding carboxylic acids is 4. The third-order valence-electron chi connectivity index (χ3n) is 4.71. The number of imide groups is 1. The van der Waals surface area contributed by atoms with Gasteiger partial charge in [-0.25, -0.2) is 14.1 Å². The van der Waals surface area contributed by atoms with Gasteiger partial charge in [0.2, 0.25) is 0 Å². The van der Waals surface area contributed by atoms with Crippen LogP contribution in [0.2, 0.25) is 5.02 Å². The molecule has 1 heterocycles. The summed E-state index contributed by atoms with van der Waals surface area (Å²) in [5.74, 6) is -2.93. The van der Waals surface area contributed by atoms with Crippen molar-refractivity contribution in [2.45, 2.75) is 0 Å². The molecule has 31 heavy (non-hydrogen) atoms.